The van der Waals surface area contributed by atoms with Gasteiger partial charge in [0.25, 0.3) is 0 Å². The van der Waals surface area contributed by atoms with Crippen LogP contribution in [-0.4, -0.2) is 16.1 Å². The number of ether oxygens (including phenoxy) is 1. The summed E-state index contributed by atoms with van der Waals surface area (Å²) < 4.78 is 11.9. The number of rotatable bonds is 6. The van der Waals surface area contributed by atoms with Gasteiger partial charge in [-0.25, -0.2) is 4.98 Å². The van der Waals surface area contributed by atoms with Gasteiger partial charge in [0.1, 0.15) is 17.9 Å². The van der Waals surface area contributed by atoms with E-state index in [1.165, 1.54) is 0 Å². The van der Waals surface area contributed by atoms with Crippen molar-refractivity contribution >= 4 is 40.7 Å². The zero-order chi connectivity index (χ0) is 21.3. The number of thiazole rings is 1. The molecule has 7 heteroatoms. The number of carboxylic acids is 1. The van der Waals surface area contributed by atoms with Gasteiger partial charge in [-0.15, -0.1) is 23.7 Å². The molecule has 0 saturated heterocycles. The van der Waals surface area contributed by atoms with Gasteiger partial charge in [-0.1, -0.05) is 45.0 Å². The molecule has 0 aliphatic carbocycles. The summed E-state index contributed by atoms with van der Waals surface area (Å²) >= 11 is 1.58. The van der Waals surface area contributed by atoms with Crippen LogP contribution in [0.4, 0.5) is 0 Å². The van der Waals surface area contributed by atoms with Gasteiger partial charge >= 0.3 is 5.97 Å². The SMILES string of the molecule is CC(C)(C)c1csc(-c2cc3cc(OCc4ccccc4CC(=O)O)ccc3o2)n1.Cl. The van der Waals surface area contributed by atoms with Crippen molar-refractivity contribution in [1.82, 2.24) is 4.98 Å². The van der Waals surface area contributed by atoms with Gasteiger partial charge in [-0.2, -0.15) is 0 Å². The average molecular weight is 458 g/mol. The van der Waals surface area contributed by atoms with E-state index in [-0.39, 0.29) is 24.2 Å². The van der Waals surface area contributed by atoms with Crippen LogP contribution in [0.5, 0.6) is 5.75 Å². The molecule has 4 rings (SSSR count). The number of benzene rings is 2. The Bertz CT molecular complexity index is 1210. The van der Waals surface area contributed by atoms with Crippen molar-refractivity contribution in [2.45, 2.75) is 39.2 Å². The molecule has 1 N–H and O–H groups in total. The standard InChI is InChI=1S/C24H23NO4S.ClH/c1-24(2,3)21-14-30-23(25-21)20-11-17-10-18(8-9-19(17)29-20)28-13-16-7-5-4-6-15(16)12-22(26)27;/h4-11,14H,12-13H2,1-3H3,(H,26,27);1H. The number of fused-ring (bicyclic) bond motifs is 1. The zero-order valence-corrected chi connectivity index (χ0v) is 19.2. The minimum atomic E-state index is -0.855. The highest BCUT2D eigenvalue weighted by Crippen LogP contribution is 2.34. The first-order valence-electron chi connectivity index (χ1n) is 9.71. The quantitative estimate of drug-likeness (QED) is 0.358. The lowest BCUT2D eigenvalue weighted by Gasteiger charge is -2.13. The first kappa shape index (κ1) is 22.8. The Morgan fingerprint density at radius 1 is 1.13 bits per heavy atom. The smallest absolute Gasteiger partial charge is 0.307 e. The summed E-state index contributed by atoms with van der Waals surface area (Å²) in [7, 11) is 0. The molecule has 2 aromatic carbocycles. The Morgan fingerprint density at radius 2 is 1.87 bits per heavy atom. The maximum Gasteiger partial charge on any atom is 0.307 e. The molecular formula is C24H24ClNO4S. The first-order chi connectivity index (χ1) is 14.3. The second-order valence-electron chi connectivity index (χ2n) is 8.23. The number of halogens is 1. The van der Waals surface area contributed by atoms with Crippen LogP contribution in [0, 0.1) is 0 Å². The van der Waals surface area contributed by atoms with Crippen molar-refractivity contribution < 1.29 is 19.1 Å². The highest BCUT2D eigenvalue weighted by atomic mass is 35.5. The fourth-order valence-corrected chi connectivity index (χ4v) is 4.14. The Kier molecular flexibility index (Phi) is 6.72. The number of furan rings is 1. The lowest BCUT2D eigenvalue weighted by Crippen LogP contribution is -2.11. The molecule has 0 amide bonds. The molecule has 0 aliphatic rings. The van der Waals surface area contributed by atoms with Crippen LogP contribution >= 0.6 is 23.7 Å². The third-order valence-electron chi connectivity index (χ3n) is 4.83. The van der Waals surface area contributed by atoms with Crippen molar-refractivity contribution in [3.05, 3.63) is 70.7 Å². The van der Waals surface area contributed by atoms with E-state index in [1.54, 1.807) is 11.3 Å². The van der Waals surface area contributed by atoms with Gasteiger partial charge in [-0.3, -0.25) is 4.79 Å². The first-order valence-corrected chi connectivity index (χ1v) is 10.6. The van der Waals surface area contributed by atoms with E-state index in [2.05, 4.69) is 26.2 Å². The van der Waals surface area contributed by atoms with Gasteiger partial charge in [0.15, 0.2) is 10.8 Å². The van der Waals surface area contributed by atoms with Crippen molar-refractivity contribution in [2.75, 3.05) is 0 Å². The fourth-order valence-electron chi connectivity index (χ4n) is 3.14. The molecule has 31 heavy (non-hydrogen) atoms. The average Bonchev–Trinajstić information content (AvgIpc) is 3.33. The molecule has 0 atom stereocenters. The summed E-state index contributed by atoms with van der Waals surface area (Å²) in [6, 6.07) is 15.1. The summed E-state index contributed by atoms with van der Waals surface area (Å²) in [4.78, 5) is 15.8. The van der Waals surface area contributed by atoms with Crippen LogP contribution in [0.25, 0.3) is 21.7 Å². The Morgan fingerprint density at radius 3 is 2.55 bits per heavy atom. The number of aliphatic carboxylic acids is 1. The van der Waals surface area contributed by atoms with Crippen LogP contribution < -0.4 is 4.74 Å². The van der Waals surface area contributed by atoms with Gasteiger partial charge in [0.05, 0.1) is 12.1 Å². The molecule has 2 aromatic heterocycles. The molecular weight excluding hydrogens is 434 g/mol. The topological polar surface area (TPSA) is 72.6 Å². The largest absolute Gasteiger partial charge is 0.489 e. The van der Waals surface area contributed by atoms with Gasteiger partial charge < -0.3 is 14.3 Å². The third kappa shape index (κ3) is 5.27. The lowest BCUT2D eigenvalue weighted by atomic mass is 9.93. The number of hydrogen-bond donors (Lipinski definition) is 1. The van der Waals surface area contributed by atoms with E-state index in [9.17, 15) is 4.79 Å². The molecule has 0 fully saturated rings. The highest BCUT2D eigenvalue weighted by Gasteiger charge is 2.19. The van der Waals surface area contributed by atoms with E-state index in [0.29, 0.717) is 12.4 Å². The summed E-state index contributed by atoms with van der Waals surface area (Å²) in [6.07, 6.45) is -0.0198. The number of aromatic nitrogens is 1. The number of hydrogen-bond acceptors (Lipinski definition) is 5. The second kappa shape index (κ2) is 9.12. The zero-order valence-electron chi connectivity index (χ0n) is 17.5. The maximum absolute atomic E-state index is 11.1. The van der Waals surface area contributed by atoms with E-state index in [4.69, 9.17) is 19.2 Å². The molecule has 162 valence electrons. The third-order valence-corrected chi connectivity index (χ3v) is 5.68. The van der Waals surface area contributed by atoms with E-state index >= 15 is 0 Å². The summed E-state index contributed by atoms with van der Waals surface area (Å²) in [6.45, 7) is 6.73. The number of carboxylic acid groups (broad SMARTS) is 1. The van der Waals surface area contributed by atoms with Crippen molar-refractivity contribution in [1.29, 1.82) is 0 Å². The van der Waals surface area contributed by atoms with Gasteiger partial charge in [-0.05, 0) is 35.4 Å². The maximum atomic E-state index is 11.1. The minimum absolute atomic E-state index is 0. The van der Waals surface area contributed by atoms with E-state index in [0.717, 1.165) is 38.6 Å². The van der Waals surface area contributed by atoms with Crippen LogP contribution in [0.15, 0.2) is 58.3 Å². The second-order valence-corrected chi connectivity index (χ2v) is 9.08. The Labute approximate surface area is 191 Å². The van der Waals surface area contributed by atoms with Crippen LogP contribution in [0.2, 0.25) is 0 Å². The molecule has 0 bridgehead atoms. The lowest BCUT2D eigenvalue weighted by molar-refractivity contribution is -0.136. The molecule has 0 spiro atoms. The monoisotopic (exact) mass is 457 g/mol. The van der Waals surface area contributed by atoms with Crippen molar-refractivity contribution in [3.8, 4) is 16.5 Å². The summed E-state index contributed by atoms with van der Waals surface area (Å²) in [5.74, 6) is 0.593. The molecule has 5 nitrogen and oxygen atoms in total. The molecule has 0 radical (unpaired) electrons. The number of carbonyl (C=O) groups is 1. The fraction of sp³-hybridized carbons (Fsp3) is 0.250. The number of nitrogens with zero attached hydrogens (tertiary/aromatic N) is 1. The van der Waals surface area contributed by atoms with Crippen LogP contribution in [0.1, 0.15) is 37.6 Å². The highest BCUT2D eigenvalue weighted by molar-refractivity contribution is 7.13. The van der Waals surface area contributed by atoms with Gasteiger partial charge in [0.2, 0.25) is 0 Å². The Hall–Kier alpha value is -2.83. The van der Waals surface area contributed by atoms with Crippen molar-refractivity contribution in [3.63, 3.8) is 0 Å². The van der Waals surface area contributed by atoms with E-state index in [1.807, 2.05) is 48.5 Å². The normalized spacial score (nSPS) is 11.3. The van der Waals surface area contributed by atoms with Crippen molar-refractivity contribution in [2.24, 2.45) is 0 Å². The molecule has 2 heterocycles. The predicted molar refractivity (Wildman–Crippen MR) is 125 cm³/mol. The molecule has 4 aromatic rings. The minimum Gasteiger partial charge on any atom is -0.489 e. The molecule has 0 saturated carbocycles. The van der Waals surface area contributed by atoms with Crippen LogP contribution in [-0.2, 0) is 23.2 Å². The Balaban J connectivity index is 0.00000272. The van der Waals surface area contributed by atoms with E-state index < -0.39 is 5.97 Å². The summed E-state index contributed by atoms with van der Waals surface area (Å²) in [5, 5.41) is 13.0. The van der Waals surface area contributed by atoms with Crippen LogP contribution in [0.3, 0.4) is 0 Å². The van der Waals surface area contributed by atoms with Gasteiger partial charge in [0, 0.05) is 16.2 Å². The molecule has 0 aliphatic heterocycles. The molecule has 0 unspecified atom stereocenters. The summed E-state index contributed by atoms with van der Waals surface area (Å²) in [5.41, 5.74) is 3.45. The predicted octanol–water partition coefficient (Wildman–Crippen LogP) is 6.48.